The third-order valence-electron chi connectivity index (χ3n) is 2.51. The summed E-state index contributed by atoms with van der Waals surface area (Å²) in [5, 5.41) is 5.58. The van der Waals surface area contributed by atoms with E-state index in [0.717, 1.165) is 33.6 Å². The molecule has 0 saturated carbocycles. The summed E-state index contributed by atoms with van der Waals surface area (Å²) in [7, 11) is 0. The molecule has 0 spiro atoms. The van der Waals surface area contributed by atoms with Crippen LogP contribution >= 0.6 is 35.0 Å². The molecule has 2 nitrogen and oxygen atoms in total. The molecule has 2 aromatic rings. The zero-order valence-corrected chi connectivity index (χ0v) is 12.8. The van der Waals surface area contributed by atoms with Gasteiger partial charge in [-0.05, 0) is 36.4 Å². The van der Waals surface area contributed by atoms with Gasteiger partial charge in [0, 0.05) is 22.7 Å². The molecule has 19 heavy (non-hydrogen) atoms. The third kappa shape index (κ3) is 4.39. The van der Waals surface area contributed by atoms with Gasteiger partial charge in [0.2, 0.25) is 0 Å². The molecule has 0 aliphatic rings. The molecule has 0 aliphatic carbocycles. The molecule has 0 amide bonds. The molecule has 0 radical (unpaired) electrons. The summed E-state index contributed by atoms with van der Waals surface area (Å²) in [6.07, 6.45) is 1.64. The number of nitrogens with zero attached hydrogens (tertiary/aromatic N) is 1. The van der Waals surface area contributed by atoms with Crippen LogP contribution < -0.4 is 5.32 Å². The highest BCUT2D eigenvalue weighted by atomic mass is 35.5. The summed E-state index contributed by atoms with van der Waals surface area (Å²) < 4.78 is 0. The van der Waals surface area contributed by atoms with Crippen molar-refractivity contribution in [3.8, 4) is 0 Å². The number of halogens is 2. The Bertz CT molecular complexity index is 544. The van der Waals surface area contributed by atoms with E-state index in [1.54, 1.807) is 18.0 Å². The summed E-state index contributed by atoms with van der Waals surface area (Å²) in [6, 6.07) is 9.80. The van der Waals surface area contributed by atoms with E-state index in [-0.39, 0.29) is 0 Å². The minimum absolute atomic E-state index is 0.642. The Hall–Kier alpha value is -0.740. The summed E-state index contributed by atoms with van der Waals surface area (Å²) in [5.74, 6) is 0. The Morgan fingerprint density at radius 3 is 2.68 bits per heavy atom. The fourth-order valence-electron chi connectivity index (χ4n) is 1.54. The number of pyridine rings is 1. The zero-order valence-electron chi connectivity index (χ0n) is 10.5. The molecule has 1 aromatic heterocycles. The van der Waals surface area contributed by atoms with Gasteiger partial charge in [0.05, 0.1) is 5.02 Å². The smallest absolute Gasteiger partial charge is 0.101 e. The second kappa shape index (κ2) is 7.15. The molecule has 2 rings (SSSR count). The van der Waals surface area contributed by atoms with Crippen molar-refractivity contribution in [2.24, 2.45) is 0 Å². The number of benzene rings is 1. The summed E-state index contributed by atoms with van der Waals surface area (Å²) in [6.45, 7) is 3.80. The molecular formula is C14H14Cl2N2S. The average molecular weight is 313 g/mol. The van der Waals surface area contributed by atoms with E-state index in [0.29, 0.717) is 5.02 Å². The lowest BCUT2D eigenvalue weighted by molar-refractivity contribution is 0.726. The van der Waals surface area contributed by atoms with Gasteiger partial charge in [-0.3, -0.25) is 0 Å². The van der Waals surface area contributed by atoms with E-state index < -0.39 is 0 Å². The lowest BCUT2D eigenvalue weighted by Gasteiger charge is -2.07. The van der Waals surface area contributed by atoms with E-state index in [2.05, 4.69) is 23.3 Å². The van der Waals surface area contributed by atoms with E-state index in [4.69, 9.17) is 23.2 Å². The second-order valence-corrected chi connectivity index (χ2v) is 5.89. The Labute approximate surface area is 127 Å². The third-order valence-corrected chi connectivity index (χ3v) is 4.03. The van der Waals surface area contributed by atoms with Crippen LogP contribution in [0.2, 0.25) is 10.0 Å². The van der Waals surface area contributed by atoms with Crippen molar-refractivity contribution in [2.75, 3.05) is 6.54 Å². The largest absolute Gasteiger partial charge is 0.313 e. The normalized spacial score (nSPS) is 10.7. The van der Waals surface area contributed by atoms with Gasteiger partial charge in [-0.25, -0.2) is 4.98 Å². The van der Waals surface area contributed by atoms with Crippen LogP contribution in [0.1, 0.15) is 12.5 Å². The first kappa shape index (κ1) is 14.7. The SMILES string of the molecule is CCNCc1ccc(Sc2ccc(Cl)cn2)cc1Cl. The fourth-order valence-corrected chi connectivity index (χ4v) is 2.76. The van der Waals surface area contributed by atoms with Gasteiger partial charge < -0.3 is 5.32 Å². The van der Waals surface area contributed by atoms with Crippen molar-refractivity contribution in [3.05, 3.63) is 52.1 Å². The predicted molar refractivity (Wildman–Crippen MR) is 82.2 cm³/mol. The summed E-state index contributed by atoms with van der Waals surface area (Å²) >= 11 is 13.6. The number of hydrogen-bond donors (Lipinski definition) is 1. The van der Waals surface area contributed by atoms with Crippen molar-refractivity contribution >= 4 is 35.0 Å². The minimum atomic E-state index is 0.642. The van der Waals surface area contributed by atoms with Crippen LogP contribution in [0.25, 0.3) is 0 Å². The van der Waals surface area contributed by atoms with E-state index in [1.165, 1.54) is 0 Å². The van der Waals surface area contributed by atoms with Crippen molar-refractivity contribution < 1.29 is 0 Å². The van der Waals surface area contributed by atoms with Gasteiger partial charge in [-0.2, -0.15) is 0 Å². The molecule has 0 bridgehead atoms. The van der Waals surface area contributed by atoms with Crippen LogP contribution in [0, 0.1) is 0 Å². The van der Waals surface area contributed by atoms with Crippen molar-refractivity contribution in [1.29, 1.82) is 0 Å². The van der Waals surface area contributed by atoms with Crippen LogP contribution in [0.5, 0.6) is 0 Å². The molecule has 0 aliphatic heterocycles. The molecule has 5 heteroatoms. The van der Waals surface area contributed by atoms with Gasteiger partial charge in [0.1, 0.15) is 5.03 Å². The average Bonchev–Trinajstić information content (AvgIpc) is 2.41. The predicted octanol–water partition coefficient (Wildman–Crippen LogP) is 4.65. The monoisotopic (exact) mass is 312 g/mol. The van der Waals surface area contributed by atoms with Gasteiger partial charge in [0.25, 0.3) is 0 Å². The Morgan fingerprint density at radius 1 is 1.21 bits per heavy atom. The minimum Gasteiger partial charge on any atom is -0.313 e. The quantitative estimate of drug-likeness (QED) is 0.870. The van der Waals surface area contributed by atoms with Crippen LogP contribution in [0.3, 0.4) is 0 Å². The number of nitrogens with one attached hydrogen (secondary N) is 1. The zero-order chi connectivity index (χ0) is 13.7. The maximum atomic E-state index is 6.26. The molecular weight excluding hydrogens is 299 g/mol. The molecule has 1 aromatic carbocycles. The Kier molecular flexibility index (Phi) is 5.52. The van der Waals surface area contributed by atoms with Crippen LogP contribution in [0.4, 0.5) is 0 Å². The highest BCUT2D eigenvalue weighted by Gasteiger charge is 2.04. The number of hydrogen-bond acceptors (Lipinski definition) is 3. The van der Waals surface area contributed by atoms with Crippen LogP contribution in [0.15, 0.2) is 46.5 Å². The molecule has 0 unspecified atom stereocenters. The molecule has 0 saturated heterocycles. The topological polar surface area (TPSA) is 24.9 Å². The first-order chi connectivity index (χ1) is 9.19. The number of rotatable bonds is 5. The van der Waals surface area contributed by atoms with E-state index in [1.807, 2.05) is 24.3 Å². The second-order valence-electron chi connectivity index (χ2n) is 3.95. The highest BCUT2D eigenvalue weighted by molar-refractivity contribution is 7.99. The van der Waals surface area contributed by atoms with Crippen LogP contribution in [-0.4, -0.2) is 11.5 Å². The van der Waals surface area contributed by atoms with E-state index in [9.17, 15) is 0 Å². The lowest BCUT2D eigenvalue weighted by Crippen LogP contribution is -2.11. The molecule has 0 atom stereocenters. The lowest BCUT2D eigenvalue weighted by atomic mass is 10.2. The Morgan fingerprint density at radius 2 is 2.05 bits per heavy atom. The highest BCUT2D eigenvalue weighted by Crippen LogP contribution is 2.30. The summed E-state index contributed by atoms with van der Waals surface area (Å²) in [4.78, 5) is 5.32. The molecule has 100 valence electrons. The maximum absolute atomic E-state index is 6.26. The fraction of sp³-hybridized carbons (Fsp3) is 0.214. The van der Waals surface area contributed by atoms with Crippen molar-refractivity contribution in [3.63, 3.8) is 0 Å². The maximum Gasteiger partial charge on any atom is 0.101 e. The van der Waals surface area contributed by atoms with Crippen molar-refractivity contribution in [2.45, 2.75) is 23.4 Å². The molecule has 1 heterocycles. The van der Waals surface area contributed by atoms with E-state index >= 15 is 0 Å². The Balaban J connectivity index is 2.09. The van der Waals surface area contributed by atoms with Gasteiger partial charge >= 0.3 is 0 Å². The van der Waals surface area contributed by atoms with Gasteiger partial charge in [0.15, 0.2) is 0 Å². The van der Waals surface area contributed by atoms with Crippen molar-refractivity contribution in [1.82, 2.24) is 10.3 Å². The van der Waals surface area contributed by atoms with Crippen LogP contribution in [-0.2, 0) is 6.54 Å². The summed E-state index contributed by atoms with van der Waals surface area (Å²) in [5.41, 5.74) is 1.11. The first-order valence-electron chi connectivity index (χ1n) is 5.97. The van der Waals surface area contributed by atoms with Gasteiger partial charge in [-0.1, -0.05) is 48.0 Å². The number of aromatic nitrogens is 1. The molecule has 0 fully saturated rings. The first-order valence-corrected chi connectivity index (χ1v) is 7.55. The van der Waals surface area contributed by atoms with Gasteiger partial charge in [-0.15, -0.1) is 0 Å². The standard InChI is InChI=1S/C14H14Cl2N2S/c1-2-17-8-10-3-5-12(7-13(10)16)19-14-6-4-11(15)9-18-14/h3-7,9,17H,2,8H2,1H3. The molecule has 1 N–H and O–H groups in total.